The third kappa shape index (κ3) is 1.43. The average Bonchev–Trinajstić information content (AvgIpc) is 2.89. The van der Waals surface area contributed by atoms with Crippen molar-refractivity contribution in [2.45, 2.75) is 0 Å². The van der Waals surface area contributed by atoms with Crippen LogP contribution in [0, 0.1) is 0 Å². The molecule has 0 fully saturated rings. The van der Waals surface area contributed by atoms with Gasteiger partial charge in [-0.1, -0.05) is 0 Å². The lowest BCUT2D eigenvalue weighted by molar-refractivity contribution is 0.787. The minimum atomic E-state index is -0.511. The smallest absolute Gasteiger partial charge is 0.291 e. The molecule has 0 aliphatic rings. The fourth-order valence-electron chi connectivity index (χ4n) is 1.58. The normalized spacial score (nSPS) is 10.9. The Kier molecular flexibility index (Phi) is 2.09. The van der Waals surface area contributed by atoms with Crippen molar-refractivity contribution in [3.05, 3.63) is 45.8 Å². The summed E-state index contributed by atoms with van der Waals surface area (Å²) in [5, 5.41) is 0.265. The van der Waals surface area contributed by atoms with Gasteiger partial charge in [-0.05, 0) is 0 Å². The van der Waals surface area contributed by atoms with E-state index in [4.69, 9.17) is 0 Å². The van der Waals surface area contributed by atoms with Crippen LogP contribution < -0.4 is 11.2 Å². The summed E-state index contributed by atoms with van der Waals surface area (Å²) in [6.07, 6.45) is 6.16. The van der Waals surface area contributed by atoms with E-state index in [2.05, 4.69) is 19.9 Å². The number of fused-ring (bicyclic) bond motifs is 1. The minimum absolute atomic E-state index is 0.210. The minimum Gasteiger partial charge on any atom is -0.291 e. The molecule has 3 aromatic heterocycles. The SMILES string of the molecule is Cn1c(=O)[nH]c2nc(-n3ccnc3)ncc2c1=O. The van der Waals surface area contributed by atoms with Gasteiger partial charge in [0.05, 0.1) is 0 Å². The van der Waals surface area contributed by atoms with Crippen molar-refractivity contribution in [1.29, 1.82) is 0 Å². The molecular weight excluding hydrogens is 236 g/mol. The van der Waals surface area contributed by atoms with Gasteiger partial charge in [0.2, 0.25) is 5.95 Å². The van der Waals surface area contributed by atoms with Crippen LogP contribution in [0.1, 0.15) is 0 Å². The molecule has 0 amide bonds. The summed E-state index contributed by atoms with van der Waals surface area (Å²) >= 11 is 0. The Bertz CT molecular complexity index is 830. The summed E-state index contributed by atoms with van der Waals surface area (Å²) in [4.78, 5) is 37.8. The summed E-state index contributed by atoms with van der Waals surface area (Å²) in [6.45, 7) is 0. The quantitative estimate of drug-likeness (QED) is 0.604. The largest absolute Gasteiger partial charge is 0.329 e. The van der Waals surface area contributed by atoms with Crippen LogP contribution in [-0.4, -0.2) is 29.1 Å². The number of hydrogen-bond donors (Lipinski definition) is 1. The predicted octanol–water partition coefficient (Wildman–Crippen LogP) is -0.798. The number of nitrogens with one attached hydrogen (secondary N) is 1. The van der Waals surface area contributed by atoms with Crippen LogP contribution in [0.4, 0.5) is 0 Å². The number of nitrogens with zero attached hydrogens (tertiary/aromatic N) is 5. The lowest BCUT2D eigenvalue weighted by Gasteiger charge is -2.02. The molecule has 1 N–H and O–H groups in total. The summed E-state index contributed by atoms with van der Waals surface area (Å²) in [5.74, 6) is 0.337. The highest BCUT2D eigenvalue weighted by Crippen LogP contribution is 2.04. The summed E-state index contributed by atoms with van der Waals surface area (Å²) in [6, 6.07) is 0. The van der Waals surface area contributed by atoms with E-state index in [1.54, 1.807) is 17.0 Å². The first kappa shape index (κ1) is 10.4. The zero-order valence-corrected chi connectivity index (χ0v) is 9.36. The second-order valence-corrected chi connectivity index (χ2v) is 3.70. The second-order valence-electron chi connectivity index (χ2n) is 3.70. The van der Waals surface area contributed by atoms with Crippen molar-refractivity contribution in [3.63, 3.8) is 0 Å². The number of H-pyrrole nitrogens is 1. The molecule has 0 saturated heterocycles. The molecule has 0 atom stereocenters. The Morgan fingerprint density at radius 3 is 2.89 bits per heavy atom. The molecule has 0 aromatic carbocycles. The van der Waals surface area contributed by atoms with Crippen LogP contribution in [0.5, 0.6) is 0 Å². The van der Waals surface area contributed by atoms with Crippen LogP contribution in [0.25, 0.3) is 17.0 Å². The number of rotatable bonds is 1. The molecule has 0 aliphatic carbocycles. The van der Waals surface area contributed by atoms with Gasteiger partial charge < -0.3 is 0 Å². The predicted molar refractivity (Wildman–Crippen MR) is 62.5 cm³/mol. The van der Waals surface area contributed by atoms with Crippen molar-refractivity contribution in [2.24, 2.45) is 7.05 Å². The molecule has 8 heteroatoms. The van der Waals surface area contributed by atoms with Crippen LogP contribution in [0.15, 0.2) is 34.5 Å². The Morgan fingerprint density at radius 1 is 1.33 bits per heavy atom. The van der Waals surface area contributed by atoms with Crippen LogP contribution in [0.2, 0.25) is 0 Å². The topological polar surface area (TPSA) is 98.5 Å². The van der Waals surface area contributed by atoms with E-state index in [9.17, 15) is 9.59 Å². The van der Waals surface area contributed by atoms with E-state index in [1.807, 2.05) is 0 Å². The fourth-order valence-corrected chi connectivity index (χ4v) is 1.58. The van der Waals surface area contributed by atoms with E-state index < -0.39 is 11.2 Å². The van der Waals surface area contributed by atoms with Gasteiger partial charge in [-0.25, -0.2) is 14.8 Å². The standard InChI is InChI=1S/C10H8N6O2/c1-15-8(17)6-4-12-9(16-3-2-11-5-16)13-7(6)14-10(15)18/h2-5H,1H3,(H,12,13,14,18). The fraction of sp³-hybridized carbons (Fsp3) is 0.100. The number of imidazole rings is 1. The molecule has 3 aromatic rings. The molecule has 18 heavy (non-hydrogen) atoms. The molecule has 0 aliphatic heterocycles. The number of hydrogen-bond acceptors (Lipinski definition) is 5. The second kappa shape index (κ2) is 3.62. The first-order valence-corrected chi connectivity index (χ1v) is 5.11. The van der Waals surface area contributed by atoms with Gasteiger partial charge in [-0.15, -0.1) is 0 Å². The molecule has 0 saturated carbocycles. The molecule has 0 spiro atoms. The first-order valence-electron chi connectivity index (χ1n) is 5.11. The summed E-state index contributed by atoms with van der Waals surface area (Å²) in [7, 11) is 1.39. The van der Waals surface area contributed by atoms with Crippen LogP contribution in [0.3, 0.4) is 0 Å². The Balaban J connectivity index is 2.35. The van der Waals surface area contributed by atoms with Crippen molar-refractivity contribution < 1.29 is 0 Å². The Labute approximate surface area is 99.6 Å². The maximum atomic E-state index is 11.8. The molecule has 90 valence electrons. The first-order chi connectivity index (χ1) is 8.66. The molecule has 0 bridgehead atoms. The van der Waals surface area contributed by atoms with E-state index in [1.165, 1.54) is 19.6 Å². The van der Waals surface area contributed by atoms with Gasteiger partial charge in [0.1, 0.15) is 11.7 Å². The Hall–Kier alpha value is -2.77. The lowest BCUT2D eigenvalue weighted by Crippen LogP contribution is -2.32. The molecule has 3 heterocycles. The molecule has 0 radical (unpaired) electrons. The molecule has 8 nitrogen and oxygen atoms in total. The van der Waals surface area contributed by atoms with Crippen molar-refractivity contribution in [3.8, 4) is 5.95 Å². The Morgan fingerprint density at radius 2 is 2.17 bits per heavy atom. The van der Waals surface area contributed by atoms with E-state index >= 15 is 0 Å². The highest BCUT2D eigenvalue weighted by molar-refractivity contribution is 5.72. The van der Waals surface area contributed by atoms with Gasteiger partial charge in [-0.2, -0.15) is 4.98 Å². The molecular formula is C10H8N6O2. The van der Waals surface area contributed by atoms with E-state index in [-0.39, 0.29) is 11.0 Å². The third-order valence-electron chi connectivity index (χ3n) is 2.58. The average molecular weight is 244 g/mol. The van der Waals surface area contributed by atoms with Crippen molar-refractivity contribution in [2.75, 3.05) is 0 Å². The summed E-state index contributed by atoms with van der Waals surface area (Å²) in [5.41, 5.74) is -0.726. The van der Waals surface area contributed by atoms with Crippen molar-refractivity contribution >= 4 is 11.0 Å². The van der Waals surface area contributed by atoms with Gasteiger partial charge >= 0.3 is 5.69 Å². The van der Waals surface area contributed by atoms with Gasteiger partial charge in [0.25, 0.3) is 5.56 Å². The van der Waals surface area contributed by atoms with Crippen molar-refractivity contribution in [1.82, 2.24) is 29.1 Å². The monoisotopic (exact) mass is 244 g/mol. The third-order valence-corrected chi connectivity index (χ3v) is 2.58. The maximum Gasteiger partial charge on any atom is 0.329 e. The highest BCUT2D eigenvalue weighted by atomic mass is 16.2. The van der Waals surface area contributed by atoms with Crippen LogP contribution >= 0.6 is 0 Å². The zero-order valence-electron chi connectivity index (χ0n) is 9.36. The number of aromatic amines is 1. The zero-order chi connectivity index (χ0) is 12.7. The lowest BCUT2D eigenvalue weighted by atomic mass is 10.4. The highest BCUT2D eigenvalue weighted by Gasteiger charge is 2.08. The maximum absolute atomic E-state index is 11.8. The van der Waals surface area contributed by atoms with Gasteiger partial charge in [-0.3, -0.25) is 18.9 Å². The van der Waals surface area contributed by atoms with Gasteiger partial charge in [0, 0.05) is 25.6 Å². The van der Waals surface area contributed by atoms with Crippen LogP contribution in [-0.2, 0) is 7.05 Å². The number of aromatic nitrogens is 6. The van der Waals surface area contributed by atoms with E-state index in [0.29, 0.717) is 5.95 Å². The molecule has 3 rings (SSSR count). The summed E-state index contributed by atoms with van der Waals surface area (Å²) < 4.78 is 2.55. The van der Waals surface area contributed by atoms with Gasteiger partial charge in [0.15, 0.2) is 5.65 Å². The van der Waals surface area contributed by atoms with E-state index in [0.717, 1.165) is 4.57 Å². The molecule has 0 unspecified atom stereocenters.